The van der Waals surface area contributed by atoms with Gasteiger partial charge in [-0.05, 0) is 42.7 Å². The third-order valence-corrected chi connectivity index (χ3v) is 9.07. The summed E-state index contributed by atoms with van der Waals surface area (Å²) in [6, 6.07) is 19.3. The number of aromatic nitrogens is 2. The van der Waals surface area contributed by atoms with Crippen LogP contribution in [0.25, 0.3) is 16.6 Å². The molecule has 2 fully saturated rings. The van der Waals surface area contributed by atoms with Gasteiger partial charge in [0.1, 0.15) is 11.4 Å². The van der Waals surface area contributed by atoms with Gasteiger partial charge in [0.15, 0.2) is 0 Å². The zero-order chi connectivity index (χ0) is 27.2. The highest BCUT2D eigenvalue weighted by Crippen LogP contribution is 2.56. The molecule has 2 amide bonds. The molecular formula is C30H24Cl2N4O3. The van der Waals surface area contributed by atoms with Crippen molar-refractivity contribution >= 4 is 51.6 Å². The molecule has 0 aliphatic carbocycles. The molecule has 1 N–H and O–H groups in total. The first-order chi connectivity index (χ1) is 18.8. The largest absolute Gasteiger partial charge is 0.297 e. The Morgan fingerprint density at radius 3 is 2.44 bits per heavy atom. The van der Waals surface area contributed by atoms with Crippen LogP contribution in [0.4, 0.5) is 5.69 Å². The number of carbonyl (C=O) groups excluding carboxylic acids is 2. The lowest BCUT2D eigenvalue weighted by Gasteiger charge is -2.32. The summed E-state index contributed by atoms with van der Waals surface area (Å²) in [5, 5.41) is 4.61. The van der Waals surface area contributed by atoms with Gasteiger partial charge in [0.05, 0.1) is 44.2 Å². The first-order valence-corrected chi connectivity index (χ1v) is 13.7. The van der Waals surface area contributed by atoms with Crippen LogP contribution in [0.3, 0.4) is 0 Å². The lowest BCUT2D eigenvalue weighted by atomic mass is 9.75. The molecule has 9 heteroatoms. The van der Waals surface area contributed by atoms with E-state index in [1.54, 1.807) is 34.9 Å². The Balaban J connectivity index is 1.53. The van der Waals surface area contributed by atoms with Crippen molar-refractivity contribution in [3.63, 3.8) is 0 Å². The van der Waals surface area contributed by atoms with Gasteiger partial charge in [0.2, 0.25) is 11.8 Å². The highest BCUT2D eigenvalue weighted by Gasteiger charge is 2.69. The van der Waals surface area contributed by atoms with Crippen LogP contribution >= 0.6 is 23.2 Å². The molecule has 1 spiro atoms. The van der Waals surface area contributed by atoms with Gasteiger partial charge in [-0.25, -0.2) is 9.88 Å². The number of hydrogen-bond acceptors (Lipinski definition) is 5. The number of halogens is 2. The van der Waals surface area contributed by atoms with Crippen molar-refractivity contribution in [2.75, 3.05) is 4.90 Å². The monoisotopic (exact) mass is 558 g/mol. The van der Waals surface area contributed by atoms with Crippen molar-refractivity contribution < 1.29 is 9.59 Å². The predicted molar refractivity (Wildman–Crippen MR) is 150 cm³/mol. The average Bonchev–Trinajstić information content (AvgIpc) is 3.49. The molecule has 196 valence electrons. The van der Waals surface area contributed by atoms with E-state index < -0.39 is 23.3 Å². The lowest BCUT2D eigenvalue weighted by molar-refractivity contribution is -0.123. The molecule has 2 saturated heterocycles. The molecule has 4 heterocycles. The van der Waals surface area contributed by atoms with E-state index in [0.717, 1.165) is 5.56 Å². The van der Waals surface area contributed by atoms with E-state index in [9.17, 15) is 14.4 Å². The maximum atomic E-state index is 14.5. The van der Waals surface area contributed by atoms with E-state index in [2.05, 4.69) is 19.2 Å². The van der Waals surface area contributed by atoms with Crippen LogP contribution in [0.1, 0.15) is 31.7 Å². The van der Waals surface area contributed by atoms with Gasteiger partial charge in [-0.15, -0.1) is 0 Å². The standard InChI is InChI=1S/C30H24Cl2N4O3/c1-15(2)14-20-23-24(28(39)35(27(23)38)22-13-7-10-18(31)25(22)32)30(34-20)17-9-4-6-12-21(17)36-26(37)16-8-3-5-11-19(16)33-29(30)36/h3-13,15,20,23-24,34H,14H2,1-2H3/t20-,23-,24+,30+/m0/s1. The van der Waals surface area contributed by atoms with Gasteiger partial charge < -0.3 is 0 Å². The zero-order valence-electron chi connectivity index (χ0n) is 21.2. The fraction of sp³-hybridized carbons (Fsp3) is 0.267. The number of amides is 2. The van der Waals surface area contributed by atoms with E-state index in [4.69, 9.17) is 28.2 Å². The Morgan fingerprint density at radius 2 is 1.64 bits per heavy atom. The summed E-state index contributed by atoms with van der Waals surface area (Å²) in [6.45, 7) is 4.17. The number of anilines is 1. The van der Waals surface area contributed by atoms with E-state index >= 15 is 0 Å². The van der Waals surface area contributed by atoms with Crippen molar-refractivity contribution in [3.05, 3.63) is 98.5 Å². The Hall–Kier alpha value is -3.52. The van der Waals surface area contributed by atoms with Crippen LogP contribution in [0.2, 0.25) is 10.0 Å². The van der Waals surface area contributed by atoms with Gasteiger partial charge in [-0.2, -0.15) is 0 Å². The topological polar surface area (TPSA) is 84.3 Å². The highest BCUT2D eigenvalue weighted by atomic mass is 35.5. The van der Waals surface area contributed by atoms with Crippen molar-refractivity contribution in [1.82, 2.24) is 14.9 Å². The first kappa shape index (κ1) is 24.5. The molecule has 0 radical (unpaired) electrons. The van der Waals surface area contributed by atoms with E-state index in [0.29, 0.717) is 28.8 Å². The predicted octanol–water partition coefficient (Wildman–Crippen LogP) is 5.07. The fourth-order valence-corrected chi connectivity index (χ4v) is 7.21. The van der Waals surface area contributed by atoms with Crippen molar-refractivity contribution in [1.29, 1.82) is 0 Å². The number of carbonyl (C=O) groups is 2. The molecule has 3 aliphatic rings. The number of fused-ring (bicyclic) bond motifs is 8. The molecule has 7 rings (SSSR count). The van der Waals surface area contributed by atoms with Crippen molar-refractivity contribution in [2.45, 2.75) is 31.8 Å². The Bertz CT molecular complexity index is 1780. The number of nitrogens with one attached hydrogen (secondary N) is 1. The van der Waals surface area contributed by atoms with E-state index in [1.165, 1.54) is 4.90 Å². The van der Waals surface area contributed by atoms with Gasteiger partial charge >= 0.3 is 0 Å². The van der Waals surface area contributed by atoms with Crippen LogP contribution in [0, 0.1) is 17.8 Å². The van der Waals surface area contributed by atoms with Gasteiger partial charge in [0, 0.05) is 11.6 Å². The molecular weight excluding hydrogens is 535 g/mol. The number of imide groups is 1. The lowest BCUT2D eigenvalue weighted by Crippen LogP contribution is -2.50. The Kier molecular flexibility index (Phi) is 5.34. The molecule has 4 aromatic rings. The summed E-state index contributed by atoms with van der Waals surface area (Å²) in [5.74, 6) is -1.58. The number of rotatable bonds is 3. The number of hydrogen-bond donors (Lipinski definition) is 1. The maximum Gasteiger partial charge on any atom is 0.266 e. The van der Waals surface area contributed by atoms with Gasteiger partial charge in [-0.1, -0.05) is 73.4 Å². The molecule has 0 unspecified atom stereocenters. The normalized spacial score (nSPS) is 25.2. The van der Waals surface area contributed by atoms with Gasteiger partial charge in [-0.3, -0.25) is 24.3 Å². The summed E-state index contributed by atoms with van der Waals surface area (Å²) in [5.41, 5.74) is 0.826. The summed E-state index contributed by atoms with van der Waals surface area (Å²) < 4.78 is 1.60. The third-order valence-electron chi connectivity index (χ3n) is 8.26. The van der Waals surface area contributed by atoms with Crippen LogP contribution in [0.15, 0.2) is 71.5 Å². The number of para-hydroxylation sites is 2. The smallest absolute Gasteiger partial charge is 0.266 e. The molecule has 39 heavy (non-hydrogen) atoms. The van der Waals surface area contributed by atoms with Gasteiger partial charge in [0.25, 0.3) is 5.56 Å². The second kappa shape index (κ2) is 8.49. The van der Waals surface area contributed by atoms with Crippen LogP contribution in [-0.2, 0) is 15.1 Å². The SMILES string of the molecule is CC(C)C[C@@H]1N[C@]2(c3ccccc3-n3c2nc2ccccc2c3=O)[C@H]2C(=O)N(c3cccc(Cl)c3Cl)C(=O)[C@@H]12. The first-order valence-electron chi connectivity index (χ1n) is 13.0. The zero-order valence-corrected chi connectivity index (χ0v) is 22.7. The maximum absolute atomic E-state index is 14.5. The molecule has 0 bridgehead atoms. The number of nitrogens with zero attached hydrogens (tertiary/aromatic N) is 3. The van der Waals surface area contributed by atoms with E-state index in [-0.39, 0.29) is 39.2 Å². The second-order valence-corrected chi connectivity index (χ2v) is 11.7. The minimum atomic E-state index is -1.18. The molecule has 3 aromatic carbocycles. The van der Waals surface area contributed by atoms with Crippen molar-refractivity contribution in [2.24, 2.45) is 17.8 Å². The van der Waals surface area contributed by atoms with E-state index in [1.807, 2.05) is 36.4 Å². The quantitative estimate of drug-likeness (QED) is 0.355. The summed E-state index contributed by atoms with van der Waals surface area (Å²) in [6.07, 6.45) is 0.652. The minimum Gasteiger partial charge on any atom is -0.297 e. The van der Waals surface area contributed by atoms with Crippen LogP contribution < -0.4 is 15.8 Å². The Labute approximate surface area is 234 Å². The average molecular weight is 559 g/mol. The van der Waals surface area contributed by atoms with Crippen LogP contribution in [-0.4, -0.2) is 27.4 Å². The number of benzene rings is 3. The van der Waals surface area contributed by atoms with Crippen LogP contribution in [0.5, 0.6) is 0 Å². The minimum absolute atomic E-state index is 0.149. The molecule has 0 saturated carbocycles. The fourth-order valence-electron chi connectivity index (χ4n) is 6.83. The summed E-state index contributed by atoms with van der Waals surface area (Å²) in [7, 11) is 0. The molecule has 7 nitrogen and oxygen atoms in total. The molecule has 1 aromatic heterocycles. The summed E-state index contributed by atoms with van der Waals surface area (Å²) in [4.78, 5) is 48.7. The highest BCUT2D eigenvalue weighted by molar-refractivity contribution is 6.45. The van der Waals surface area contributed by atoms with Crippen molar-refractivity contribution in [3.8, 4) is 5.69 Å². The Morgan fingerprint density at radius 1 is 0.923 bits per heavy atom. The third kappa shape index (κ3) is 3.15. The summed E-state index contributed by atoms with van der Waals surface area (Å²) >= 11 is 12.8. The second-order valence-electron chi connectivity index (χ2n) is 10.9. The molecule has 4 atom stereocenters. The molecule has 3 aliphatic heterocycles.